The quantitative estimate of drug-likeness (QED) is 0.389. The molecule has 0 radical (unpaired) electrons. The Morgan fingerprint density at radius 3 is 0.833 bits per heavy atom. The first-order valence-corrected chi connectivity index (χ1v) is 4.77. The van der Waals surface area contributed by atoms with Gasteiger partial charge in [0.05, 0.1) is 19.7 Å². The first-order valence-electron chi connectivity index (χ1n) is 4.77. The maximum absolute atomic E-state index is 10.7. The largest absolute Gasteiger partial charge is 0.459 e. The van der Waals surface area contributed by atoms with E-state index in [1.54, 1.807) is 0 Å². The minimum absolute atomic E-state index is 0.838. The summed E-state index contributed by atoms with van der Waals surface area (Å²) < 4.78 is 0. The third-order valence-corrected chi connectivity index (χ3v) is 3.21. The van der Waals surface area contributed by atoms with Crippen LogP contribution in [0.25, 0.3) is 0 Å². The molecule has 0 amide bonds. The molecule has 1 saturated carbocycles. The van der Waals surface area contributed by atoms with Crippen LogP contribution in [0.5, 0.6) is 0 Å². The van der Waals surface area contributed by atoms with Gasteiger partial charge in [-0.25, -0.2) is 0 Å². The van der Waals surface area contributed by atoms with Gasteiger partial charge in [0.25, 0.3) is 0 Å². The Morgan fingerprint density at radius 1 is 0.556 bits per heavy atom. The van der Waals surface area contributed by atoms with Crippen molar-refractivity contribution >= 4 is 0 Å². The number of nitro groups is 4. The van der Waals surface area contributed by atoms with Gasteiger partial charge in [-0.05, 0) is 0 Å². The molecule has 1 fully saturated rings. The second kappa shape index (κ2) is 4.12. The van der Waals surface area contributed by atoms with Gasteiger partial charge >= 0.3 is 11.3 Å². The van der Waals surface area contributed by atoms with E-state index in [1.807, 2.05) is 0 Å². The predicted octanol–water partition coefficient (Wildman–Crippen LogP) is 0.0598. The minimum atomic E-state index is -2.56. The van der Waals surface area contributed by atoms with Gasteiger partial charge in [-0.3, -0.25) is 40.5 Å². The maximum Gasteiger partial charge on any atom is 0.459 e. The van der Waals surface area contributed by atoms with Crippen molar-refractivity contribution in [1.82, 2.24) is 0 Å². The summed E-state index contributed by atoms with van der Waals surface area (Å²) in [4.78, 5) is 38.2. The van der Waals surface area contributed by atoms with E-state index in [0.717, 1.165) is 0 Å². The van der Waals surface area contributed by atoms with Gasteiger partial charge in [0.2, 0.25) is 0 Å². The van der Waals surface area contributed by atoms with Gasteiger partial charge in [-0.15, -0.1) is 0 Å². The minimum Gasteiger partial charge on any atom is -0.258 e. The van der Waals surface area contributed by atoms with Crippen molar-refractivity contribution in [2.24, 2.45) is 0 Å². The summed E-state index contributed by atoms with van der Waals surface area (Å²) in [5.41, 5.74) is -5.12. The van der Waals surface area contributed by atoms with Crippen molar-refractivity contribution in [3.05, 3.63) is 40.5 Å². The van der Waals surface area contributed by atoms with E-state index in [4.69, 9.17) is 0 Å². The molecule has 1 aliphatic rings. The van der Waals surface area contributed by atoms with Gasteiger partial charge in [0, 0.05) is 0 Å². The lowest BCUT2D eigenvalue weighted by molar-refractivity contribution is -0.834. The molecule has 0 N–H and O–H groups in total. The van der Waals surface area contributed by atoms with Gasteiger partial charge in [0.15, 0.2) is 0 Å². The van der Waals surface area contributed by atoms with E-state index < -0.39 is 56.7 Å². The molecule has 12 nitrogen and oxygen atoms in total. The van der Waals surface area contributed by atoms with Crippen LogP contribution in [0.3, 0.4) is 0 Å². The Balaban J connectivity index is 3.06. The first kappa shape index (κ1) is 13.7. The van der Waals surface area contributed by atoms with Crippen LogP contribution >= 0.6 is 0 Å². The summed E-state index contributed by atoms with van der Waals surface area (Å²) in [6, 6.07) is 0. The second-order valence-electron chi connectivity index (χ2n) is 3.99. The molecule has 0 unspecified atom stereocenters. The van der Waals surface area contributed by atoms with Gasteiger partial charge in [-0.1, -0.05) is 0 Å². The molecule has 12 heteroatoms. The summed E-state index contributed by atoms with van der Waals surface area (Å²) >= 11 is 0. The topological polar surface area (TPSA) is 173 Å². The molecule has 1 rings (SSSR count). The number of nitrogens with zero attached hydrogens (tertiary/aromatic N) is 4. The normalized spacial score (nSPS) is 20.9. The number of rotatable bonds is 4. The summed E-state index contributed by atoms with van der Waals surface area (Å²) in [6.07, 6.45) is -3.35. The van der Waals surface area contributed by atoms with Crippen LogP contribution in [0.2, 0.25) is 0 Å². The van der Waals surface area contributed by atoms with Crippen LogP contribution in [0.15, 0.2) is 0 Å². The van der Waals surface area contributed by atoms with Gasteiger partial charge < -0.3 is 0 Å². The molecule has 0 bridgehead atoms. The summed E-state index contributed by atoms with van der Waals surface area (Å²) in [5, 5.41) is 42.8. The summed E-state index contributed by atoms with van der Waals surface area (Å²) in [7, 11) is 0. The van der Waals surface area contributed by atoms with E-state index in [-0.39, 0.29) is 0 Å². The van der Waals surface area contributed by atoms with Crippen LogP contribution in [-0.4, -0.2) is 31.0 Å². The van der Waals surface area contributed by atoms with E-state index in [1.165, 1.54) is 0 Å². The molecule has 1 aliphatic carbocycles. The Kier molecular flexibility index (Phi) is 3.13. The zero-order valence-electron chi connectivity index (χ0n) is 8.88. The highest BCUT2D eigenvalue weighted by atomic mass is 16.7. The standard InChI is InChI=1S/C6H8N4O8/c11-7(12)5(8(13)14)1-2-6(4-3-5,9(15)16)10(17)18/h1-4H2. The van der Waals surface area contributed by atoms with Gasteiger partial charge in [0.1, 0.15) is 25.7 Å². The summed E-state index contributed by atoms with van der Waals surface area (Å²) in [6.45, 7) is 0. The predicted molar refractivity (Wildman–Crippen MR) is 51.9 cm³/mol. The van der Waals surface area contributed by atoms with E-state index in [9.17, 15) is 40.5 Å². The third kappa shape index (κ3) is 1.70. The Hall–Kier alpha value is -2.40. The van der Waals surface area contributed by atoms with Crippen LogP contribution in [0.4, 0.5) is 0 Å². The Labute approximate surface area is 98.2 Å². The Bertz CT molecular complexity index is 353. The maximum atomic E-state index is 10.7. The highest BCUT2D eigenvalue weighted by molar-refractivity contribution is 4.83. The van der Waals surface area contributed by atoms with Crippen LogP contribution in [-0.2, 0) is 0 Å². The smallest absolute Gasteiger partial charge is 0.258 e. The highest BCUT2D eigenvalue weighted by Gasteiger charge is 2.69. The Morgan fingerprint density at radius 2 is 0.722 bits per heavy atom. The van der Waals surface area contributed by atoms with Crippen molar-refractivity contribution in [1.29, 1.82) is 0 Å². The monoisotopic (exact) mass is 264 g/mol. The van der Waals surface area contributed by atoms with Crippen molar-refractivity contribution in [3.63, 3.8) is 0 Å². The van der Waals surface area contributed by atoms with E-state index in [2.05, 4.69) is 0 Å². The first-order chi connectivity index (χ1) is 8.19. The fourth-order valence-corrected chi connectivity index (χ4v) is 1.91. The fraction of sp³-hybridized carbons (Fsp3) is 1.00. The van der Waals surface area contributed by atoms with Crippen LogP contribution in [0, 0.1) is 40.5 Å². The molecule has 0 aromatic carbocycles. The molecule has 18 heavy (non-hydrogen) atoms. The second-order valence-corrected chi connectivity index (χ2v) is 3.99. The molecule has 0 saturated heterocycles. The molecular formula is C6H8N4O8. The SMILES string of the molecule is O=[N+]([O-])C1([N+](=O)[O-])CCC([N+](=O)[O-])([N+](=O)[O-])CC1. The molecule has 100 valence electrons. The van der Waals surface area contributed by atoms with Crippen molar-refractivity contribution < 1.29 is 19.7 Å². The fourth-order valence-electron chi connectivity index (χ4n) is 1.91. The molecular weight excluding hydrogens is 256 g/mol. The lowest BCUT2D eigenvalue weighted by Crippen LogP contribution is -2.57. The average Bonchev–Trinajstić information content (AvgIpc) is 2.27. The van der Waals surface area contributed by atoms with Crippen molar-refractivity contribution in [2.75, 3.05) is 0 Å². The zero-order chi connectivity index (χ0) is 14.1. The zero-order valence-corrected chi connectivity index (χ0v) is 8.88. The van der Waals surface area contributed by atoms with Crippen molar-refractivity contribution in [3.8, 4) is 0 Å². The number of hydrogen-bond acceptors (Lipinski definition) is 8. The lowest BCUT2D eigenvalue weighted by atomic mass is 9.82. The average molecular weight is 264 g/mol. The van der Waals surface area contributed by atoms with E-state index in [0.29, 0.717) is 0 Å². The van der Waals surface area contributed by atoms with Crippen LogP contribution in [0.1, 0.15) is 25.7 Å². The third-order valence-electron chi connectivity index (χ3n) is 3.21. The molecule has 0 atom stereocenters. The molecule has 0 aromatic heterocycles. The number of hydrogen-bond donors (Lipinski definition) is 0. The van der Waals surface area contributed by atoms with Crippen LogP contribution < -0.4 is 0 Å². The molecule has 0 aliphatic heterocycles. The van der Waals surface area contributed by atoms with Crippen molar-refractivity contribution in [2.45, 2.75) is 37.0 Å². The molecule has 0 aromatic rings. The molecule has 0 spiro atoms. The van der Waals surface area contributed by atoms with E-state index >= 15 is 0 Å². The van der Waals surface area contributed by atoms with Gasteiger partial charge in [-0.2, -0.15) is 0 Å². The highest BCUT2D eigenvalue weighted by Crippen LogP contribution is 2.39. The summed E-state index contributed by atoms with van der Waals surface area (Å²) in [5.74, 6) is 0. The lowest BCUT2D eigenvalue weighted by Gasteiger charge is -2.26. The molecule has 0 heterocycles.